The van der Waals surface area contributed by atoms with E-state index < -0.39 is 14.9 Å². The molecule has 0 unspecified atom stereocenters. The van der Waals surface area contributed by atoms with E-state index in [0.717, 1.165) is 12.1 Å². The molecule has 0 atom stereocenters. The number of hydrogen-bond acceptors (Lipinski definition) is 4. The van der Waals surface area contributed by atoms with E-state index >= 15 is 0 Å². The Morgan fingerprint density at radius 3 is 2.40 bits per heavy atom. The zero-order chi connectivity index (χ0) is 11.8. The van der Waals surface area contributed by atoms with Crippen molar-refractivity contribution >= 4 is 27.3 Å². The summed E-state index contributed by atoms with van der Waals surface area (Å²) in [5.74, 6) is 0. The van der Waals surface area contributed by atoms with Crippen LogP contribution >= 0.6 is 11.6 Å². The van der Waals surface area contributed by atoms with Gasteiger partial charge in [0.15, 0.2) is 0 Å². The Morgan fingerprint density at radius 2 is 2.00 bits per heavy atom. The number of benzene rings is 1. The van der Waals surface area contributed by atoms with Gasteiger partial charge in [-0.25, -0.2) is 13.6 Å². The van der Waals surface area contributed by atoms with Crippen molar-refractivity contribution in [2.75, 3.05) is 0 Å². The predicted molar refractivity (Wildman–Crippen MR) is 54.2 cm³/mol. The third-order valence-electron chi connectivity index (χ3n) is 1.82. The molecule has 1 rings (SSSR count). The van der Waals surface area contributed by atoms with Crippen molar-refractivity contribution in [2.45, 2.75) is 11.8 Å². The van der Waals surface area contributed by atoms with Gasteiger partial charge in [-0.05, 0) is 18.6 Å². The molecule has 0 fully saturated rings. The van der Waals surface area contributed by atoms with Crippen LogP contribution in [0.15, 0.2) is 17.0 Å². The van der Waals surface area contributed by atoms with E-state index in [0.29, 0.717) is 0 Å². The van der Waals surface area contributed by atoms with Gasteiger partial charge in [-0.15, -0.1) is 0 Å². The zero-order valence-corrected chi connectivity index (χ0v) is 9.17. The Balaban J connectivity index is 3.55. The lowest BCUT2D eigenvalue weighted by Crippen LogP contribution is -2.14. The van der Waals surface area contributed by atoms with Gasteiger partial charge in [-0.3, -0.25) is 10.1 Å². The smallest absolute Gasteiger partial charge is 0.258 e. The number of primary sulfonamides is 1. The number of nitro groups is 1. The third-order valence-corrected chi connectivity index (χ3v) is 3.35. The topological polar surface area (TPSA) is 103 Å². The maximum absolute atomic E-state index is 11.0. The molecule has 0 radical (unpaired) electrons. The molecule has 6 nitrogen and oxygen atoms in total. The van der Waals surface area contributed by atoms with E-state index in [-0.39, 0.29) is 21.2 Å². The Morgan fingerprint density at radius 1 is 1.47 bits per heavy atom. The van der Waals surface area contributed by atoms with Crippen LogP contribution in [-0.2, 0) is 10.0 Å². The van der Waals surface area contributed by atoms with Crippen LogP contribution in [0.25, 0.3) is 0 Å². The SMILES string of the molecule is Cc1c(S(N)(=O)=O)ccc([N+](=O)[O-])c1Cl. The van der Waals surface area contributed by atoms with Crippen LogP contribution in [0.3, 0.4) is 0 Å². The van der Waals surface area contributed by atoms with Crippen LogP contribution in [0.5, 0.6) is 0 Å². The maximum Gasteiger partial charge on any atom is 0.288 e. The second kappa shape index (κ2) is 3.76. The van der Waals surface area contributed by atoms with E-state index in [4.69, 9.17) is 16.7 Å². The third kappa shape index (κ3) is 2.25. The summed E-state index contributed by atoms with van der Waals surface area (Å²) in [5, 5.41) is 15.2. The van der Waals surface area contributed by atoms with Gasteiger partial charge < -0.3 is 0 Å². The number of halogens is 1. The molecule has 0 heterocycles. The number of nitro benzene ring substituents is 1. The molecule has 8 heteroatoms. The summed E-state index contributed by atoms with van der Waals surface area (Å²) in [7, 11) is -3.91. The minimum Gasteiger partial charge on any atom is -0.258 e. The van der Waals surface area contributed by atoms with E-state index in [1.807, 2.05) is 0 Å². The number of hydrogen-bond donors (Lipinski definition) is 1. The van der Waals surface area contributed by atoms with Crippen LogP contribution in [0.4, 0.5) is 5.69 Å². The summed E-state index contributed by atoms with van der Waals surface area (Å²) >= 11 is 5.64. The zero-order valence-electron chi connectivity index (χ0n) is 7.60. The standard InChI is InChI=1S/C7H7ClN2O4S/c1-4-6(15(9,13)14)3-2-5(7(4)8)10(11)12/h2-3H,1H3,(H2,9,13,14). The van der Waals surface area contributed by atoms with Crippen LogP contribution in [-0.4, -0.2) is 13.3 Å². The van der Waals surface area contributed by atoms with Crippen molar-refractivity contribution in [1.82, 2.24) is 0 Å². The van der Waals surface area contributed by atoms with Crippen molar-refractivity contribution in [2.24, 2.45) is 5.14 Å². The molecule has 0 saturated heterocycles. The van der Waals surface area contributed by atoms with Gasteiger partial charge in [-0.2, -0.15) is 0 Å². The molecule has 0 amide bonds. The van der Waals surface area contributed by atoms with Crippen molar-refractivity contribution in [1.29, 1.82) is 0 Å². The number of nitrogens with two attached hydrogens (primary N) is 1. The average molecular weight is 251 g/mol. The van der Waals surface area contributed by atoms with Gasteiger partial charge in [0, 0.05) is 6.07 Å². The Bertz CT molecular complexity index is 526. The summed E-state index contributed by atoms with van der Waals surface area (Å²) in [6.45, 7) is 1.36. The monoisotopic (exact) mass is 250 g/mol. The molecule has 0 aliphatic rings. The first-order chi connectivity index (χ1) is 6.75. The minimum atomic E-state index is -3.91. The summed E-state index contributed by atoms with van der Waals surface area (Å²) in [6.07, 6.45) is 0. The molecule has 0 aliphatic heterocycles. The van der Waals surface area contributed by atoms with E-state index in [2.05, 4.69) is 0 Å². The van der Waals surface area contributed by atoms with E-state index in [1.54, 1.807) is 0 Å². The largest absolute Gasteiger partial charge is 0.288 e. The molecule has 0 aliphatic carbocycles. The molecular formula is C7H7ClN2O4S. The van der Waals surface area contributed by atoms with E-state index in [1.165, 1.54) is 6.92 Å². The molecule has 82 valence electrons. The lowest BCUT2D eigenvalue weighted by molar-refractivity contribution is -0.384. The average Bonchev–Trinajstić information content (AvgIpc) is 2.06. The highest BCUT2D eigenvalue weighted by Gasteiger charge is 2.21. The van der Waals surface area contributed by atoms with Gasteiger partial charge in [-0.1, -0.05) is 11.6 Å². The molecule has 1 aromatic carbocycles. The number of rotatable bonds is 2. The maximum atomic E-state index is 11.0. The first kappa shape index (κ1) is 11.9. The highest BCUT2D eigenvalue weighted by molar-refractivity contribution is 7.89. The normalized spacial score (nSPS) is 11.4. The molecule has 1 aromatic rings. The number of sulfonamides is 1. The molecular weight excluding hydrogens is 244 g/mol. The molecule has 0 saturated carbocycles. The highest BCUT2D eigenvalue weighted by Crippen LogP contribution is 2.31. The van der Waals surface area contributed by atoms with Gasteiger partial charge in [0.2, 0.25) is 10.0 Å². The summed E-state index contributed by atoms with van der Waals surface area (Å²) < 4.78 is 22.1. The highest BCUT2D eigenvalue weighted by atomic mass is 35.5. The van der Waals surface area contributed by atoms with Crippen LogP contribution in [0.2, 0.25) is 5.02 Å². The lowest BCUT2D eigenvalue weighted by atomic mass is 10.2. The number of nitrogens with zero attached hydrogens (tertiary/aromatic N) is 1. The van der Waals surface area contributed by atoms with Gasteiger partial charge in [0.1, 0.15) is 5.02 Å². The van der Waals surface area contributed by atoms with Gasteiger partial charge >= 0.3 is 0 Å². The van der Waals surface area contributed by atoms with Crippen molar-refractivity contribution in [3.63, 3.8) is 0 Å². The fraction of sp³-hybridized carbons (Fsp3) is 0.143. The van der Waals surface area contributed by atoms with Gasteiger partial charge in [0.25, 0.3) is 5.69 Å². The fourth-order valence-electron chi connectivity index (χ4n) is 1.10. The summed E-state index contributed by atoms with van der Waals surface area (Å²) in [4.78, 5) is 9.57. The lowest BCUT2D eigenvalue weighted by Gasteiger charge is -2.05. The Hall–Kier alpha value is -1.18. The van der Waals surface area contributed by atoms with Gasteiger partial charge in [0.05, 0.1) is 9.82 Å². The van der Waals surface area contributed by atoms with Crippen LogP contribution in [0, 0.1) is 17.0 Å². The quantitative estimate of drug-likeness (QED) is 0.629. The Labute approximate surface area is 90.9 Å². The fourth-order valence-corrected chi connectivity index (χ4v) is 2.18. The first-order valence-electron chi connectivity index (χ1n) is 3.71. The first-order valence-corrected chi connectivity index (χ1v) is 5.64. The molecule has 0 bridgehead atoms. The predicted octanol–water partition coefficient (Wildman–Crippen LogP) is 1.20. The second-order valence-corrected chi connectivity index (χ2v) is 4.73. The molecule has 15 heavy (non-hydrogen) atoms. The summed E-state index contributed by atoms with van der Waals surface area (Å²) in [6, 6.07) is 2.07. The second-order valence-electron chi connectivity index (χ2n) is 2.82. The van der Waals surface area contributed by atoms with E-state index in [9.17, 15) is 18.5 Å². The van der Waals surface area contributed by atoms with Crippen molar-refractivity contribution in [3.05, 3.63) is 32.8 Å². The summed E-state index contributed by atoms with van der Waals surface area (Å²) in [5.41, 5.74) is -0.269. The Kier molecular flexibility index (Phi) is 2.98. The van der Waals surface area contributed by atoms with Crippen molar-refractivity contribution < 1.29 is 13.3 Å². The van der Waals surface area contributed by atoms with Crippen LogP contribution in [0.1, 0.15) is 5.56 Å². The minimum absolute atomic E-state index is 0.0772. The van der Waals surface area contributed by atoms with Crippen molar-refractivity contribution in [3.8, 4) is 0 Å². The molecule has 0 spiro atoms. The molecule has 0 aromatic heterocycles. The van der Waals surface area contributed by atoms with Crippen LogP contribution < -0.4 is 5.14 Å². The molecule has 2 N–H and O–H groups in total.